The van der Waals surface area contributed by atoms with E-state index in [1.807, 2.05) is 6.92 Å². The van der Waals surface area contributed by atoms with Gasteiger partial charge in [-0.1, -0.05) is 66.2 Å². The molecule has 0 spiro atoms. The van der Waals surface area contributed by atoms with Gasteiger partial charge in [0.25, 0.3) is 17.7 Å². The van der Waals surface area contributed by atoms with Crippen LogP contribution in [-0.2, 0) is 14.3 Å². The molecule has 3 amide bonds. The summed E-state index contributed by atoms with van der Waals surface area (Å²) in [5.74, 6) is -2.54. The maximum atomic E-state index is 13.2. The van der Waals surface area contributed by atoms with Gasteiger partial charge in [-0.25, -0.2) is 4.79 Å². The molecule has 0 saturated carbocycles. The van der Waals surface area contributed by atoms with E-state index in [2.05, 4.69) is 5.32 Å². The first-order valence-electron chi connectivity index (χ1n) is 11.0. The fraction of sp³-hybridized carbons (Fsp3) is 0.333. The summed E-state index contributed by atoms with van der Waals surface area (Å²) >= 11 is 24.5. The van der Waals surface area contributed by atoms with Crippen molar-refractivity contribution in [2.75, 3.05) is 26.1 Å². The molecule has 1 atom stereocenters. The number of carbonyl (C=O) groups excluding carboxylic acids is 4. The van der Waals surface area contributed by atoms with Gasteiger partial charge in [-0.3, -0.25) is 19.3 Å². The van der Waals surface area contributed by atoms with Crippen LogP contribution >= 0.6 is 46.4 Å². The van der Waals surface area contributed by atoms with Crippen molar-refractivity contribution >= 4 is 75.8 Å². The zero-order valence-corrected chi connectivity index (χ0v) is 23.0. The van der Waals surface area contributed by atoms with Crippen LogP contribution in [0.2, 0.25) is 20.1 Å². The number of carbonyl (C=O) groups is 4. The lowest BCUT2D eigenvalue weighted by atomic mass is 10.1. The monoisotopic (exact) mass is 590 g/mol. The van der Waals surface area contributed by atoms with Crippen LogP contribution in [0.15, 0.2) is 18.2 Å². The number of benzene rings is 2. The Bertz CT molecular complexity index is 1220. The number of nitrogens with one attached hydrogen (secondary N) is 1. The van der Waals surface area contributed by atoms with Gasteiger partial charge in [-0.15, -0.1) is 0 Å². The van der Waals surface area contributed by atoms with Crippen LogP contribution in [0, 0.1) is 0 Å². The first kappa shape index (κ1) is 28.8. The van der Waals surface area contributed by atoms with Crippen LogP contribution in [0.4, 0.5) is 5.69 Å². The number of hydrogen-bond acceptors (Lipinski definition) is 7. The van der Waals surface area contributed by atoms with Crippen LogP contribution < -0.4 is 14.8 Å². The number of amides is 3. The molecule has 2 aromatic carbocycles. The van der Waals surface area contributed by atoms with Crippen LogP contribution in [-0.4, -0.2) is 55.5 Å². The third-order valence-corrected chi connectivity index (χ3v) is 7.38. The van der Waals surface area contributed by atoms with Crippen molar-refractivity contribution in [2.24, 2.45) is 0 Å². The van der Waals surface area contributed by atoms with E-state index in [9.17, 15) is 19.2 Å². The van der Waals surface area contributed by atoms with E-state index in [-0.39, 0.29) is 37.6 Å². The standard InChI is InChI=1S/C24H22Cl4N2O7/c1-4-5-6-13(30-22(32)16-17(23(30)33)19(26)21(28)20(27)18(16)25)24(34)37-10-15(31)29-12-9-11(35-2)7-8-14(12)36-3/h7-9,13H,4-6,10H2,1-3H3,(H,29,31)/t13-/m0/s1. The average molecular weight is 592 g/mol. The van der Waals surface area contributed by atoms with E-state index < -0.39 is 36.3 Å². The topological polar surface area (TPSA) is 111 Å². The van der Waals surface area contributed by atoms with E-state index in [1.165, 1.54) is 20.3 Å². The van der Waals surface area contributed by atoms with Gasteiger partial charge in [0.2, 0.25) is 0 Å². The Morgan fingerprint density at radius 2 is 1.54 bits per heavy atom. The number of fused-ring (bicyclic) bond motifs is 1. The van der Waals surface area contributed by atoms with Crippen molar-refractivity contribution in [3.05, 3.63) is 49.4 Å². The number of methoxy groups -OCH3 is 2. The van der Waals surface area contributed by atoms with E-state index in [1.54, 1.807) is 12.1 Å². The number of ether oxygens (including phenoxy) is 3. The molecule has 0 bridgehead atoms. The Morgan fingerprint density at radius 3 is 2.05 bits per heavy atom. The average Bonchev–Trinajstić information content (AvgIpc) is 3.15. The van der Waals surface area contributed by atoms with E-state index >= 15 is 0 Å². The quantitative estimate of drug-likeness (QED) is 0.164. The van der Waals surface area contributed by atoms with Crippen LogP contribution in [0.25, 0.3) is 0 Å². The second-order valence-corrected chi connectivity index (χ2v) is 9.38. The van der Waals surface area contributed by atoms with Gasteiger partial charge in [0.1, 0.15) is 17.5 Å². The molecule has 3 rings (SSSR count). The zero-order valence-electron chi connectivity index (χ0n) is 20.0. The minimum absolute atomic E-state index is 0.0861. The zero-order chi connectivity index (χ0) is 27.4. The summed E-state index contributed by atoms with van der Waals surface area (Å²) in [6.07, 6.45) is 1.22. The van der Waals surface area contributed by atoms with Crippen molar-refractivity contribution in [1.82, 2.24) is 4.90 Å². The molecule has 13 heteroatoms. The second-order valence-electron chi connectivity index (χ2n) is 7.87. The van der Waals surface area contributed by atoms with Crippen molar-refractivity contribution in [1.29, 1.82) is 0 Å². The smallest absolute Gasteiger partial charge is 0.329 e. The predicted molar refractivity (Wildman–Crippen MR) is 139 cm³/mol. The van der Waals surface area contributed by atoms with Gasteiger partial charge in [0, 0.05) is 6.07 Å². The van der Waals surface area contributed by atoms with E-state index in [4.69, 9.17) is 60.6 Å². The number of unbranched alkanes of at least 4 members (excludes halogenated alkanes) is 1. The fourth-order valence-electron chi connectivity index (χ4n) is 3.73. The Kier molecular flexibility index (Phi) is 9.52. The molecule has 0 aliphatic carbocycles. The summed E-state index contributed by atoms with van der Waals surface area (Å²) in [6, 6.07) is 3.44. The predicted octanol–water partition coefficient (Wildman–Crippen LogP) is 5.65. The number of hydrogen-bond donors (Lipinski definition) is 1. The number of esters is 1. The normalized spacial score (nSPS) is 13.3. The Labute approximate surface area is 232 Å². The highest BCUT2D eigenvalue weighted by Gasteiger charge is 2.47. The molecule has 0 unspecified atom stereocenters. The minimum atomic E-state index is -1.34. The Morgan fingerprint density at radius 1 is 0.946 bits per heavy atom. The maximum absolute atomic E-state index is 13.2. The van der Waals surface area contributed by atoms with Gasteiger partial charge in [-0.2, -0.15) is 0 Å². The summed E-state index contributed by atoms with van der Waals surface area (Å²) in [5, 5.41) is 1.70. The lowest BCUT2D eigenvalue weighted by Gasteiger charge is -2.24. The molecule has 1 heterocycles. The molecule has 0 aromatic heterocycles. The highest BCUT2D eigenvalue weighted by molar-refractivity contribution is 6.55. The van der Waals surface area contributed by atoms with Crippen molar-refractivity contribution < 1.29 is 33.4 Å². The van der Waals surface area contributed by atoms with Gasteiger partial charge in [0.05, 0.1) is 51.1 Å². The van der Waals surface area contributed by atoms with Crippen LogP contribution in [0.3, 0.4) is 0 Å². The second kappa shape index (κ2) is 12.2. The molecule has 1 N–H and O–H groups in total. The van der Waals surface area contributed by atoms with Gasteiger partial charge < -0.3 is 19.5 Å². The summed E-state index contributed by atoms with van der Waals surface area (Å²) < 4.78 is 15.5. The van der Waals surface area contributed by atoms with Crippen molar-refractivity contribution in [2.45, 2.75) is 32.2 Å². The van der Waals surface area contributed by atoms with Crippen LogP contribution in [0.5, 0.6) is 11.5 Å². The molecule has 1 aliphatic rings. The first-order chi connectivity index (χ1) is 17.6. The Balaban J connectivity index is 1.81. The summed E-state index contributed by atoms with van der Waals surface area (Å²) in [6.45, 7) is 1.18. The first-order valence-corrected chi connectivity index (χ1v) is 12.5. The maximum Gasteiger partial charge on any atom is 0.329 e. The van der Waals surface area contributed by atoms with Crippen LogP contribution in [0.1, 0.15) is 46.9 Å². The third kappa shape index (κ3) is 5.75. The molecule has 2 aromatic rings. The minimum Gasteiger partial charge on any atom is -0.497 e. The molecule has 198 valence electrons. The summed E-state index contributed by atoms with van der Waals surface area (Å²) in [5.41, 5.74) is -0.199. The number of rotatable bonds is 10. The molecule has 0 fully saturated rings. The highest BCUT2D eigenvalue weighted by atomic mass is 35.5. The van der Waals surface area contributed by atoms with Crippen molar-refractivity contribution in [3.63, 3.8) is 0 Å². The number of imide groups is 1. The molecule has 9 nitrogen and oxygen atoms in total. The van der Waals surface area contributed by atoms with Gasteiger partial charge >= 0.3 is 5.97 Å². The van der Waals surface area contributed by atoms with E-state index in [0.29, 0.717) is 30.0 Å². The lowest BCUT2D eigenvalue weighted by molar-refractivity contribution is -0.151. The lowest BCUT2D eigenvalue weighted by Crippen LogP contribution is -2.46. The third-order valence-electron chi connectivity index (χ3n) is 5.57. The number of halogens is 4. The summed E-state index contributed by atoms with van der Waals surface area (Å²) in [7, 11) is 2.89. The molecule has 1 aliphatic heterocycles. The SMILES string of the molecule is CCCC[C@@H](C(=O)OCC(=O)Nc1cc(OC)ccc1OC)N1C(=O)c2c(Cl)c(Cl)c(Cl)c(Cl)c2C1=O. The molecule has 0 saturated heterocycles. The molecule has 37 heavy (non-hydrogen) atoms. The molecular weight excluding hydrogens is 570 g/mol. The largest absolute Gasteiger partial charge is 0.497 e. The molecule has 0 radical (unpaired) electrons. The summed E-state index contributed by atoms with van der Waals surface area (Å²) in [4.78, 5) is 52.7. The Hall–Kier alpha value is -2.72. The number of anilines is 1. The molecular formula is C24H22Cl4N2O7. The van der Waals surface area contributed by atoms with Gasteiger partial charge in [0.15, 0.2) is 6.61 Å². The number of nitrogens with zero attached hydrogens (tertiary/aromatic N) is 1. The highest BCUT2D eigenvalue weighted by Crippen LogP contribution is 2.45. The van der Waals surface area contributed by atoms with Gasteiger partial charge in [-0.05, 0) is 18.6 Å². The fourth-order valence-corrected chi connectivity index (χ4v) is 4.74. The van der Waals surface area contributed by atoms with E-state index in [0.717, 1.165) is 4.90 Å². The van der Waals surface area contributed by atoms with Crippen molar-refractivity contribution in [3.8, 4) is 11.5 Å².